The molecule has 29 heavy (non-hydrogen) atoms. The molecule has 0 saturated carbocycles. The van der Waals surface area contributed by atoms with E-state index in [-0.39, 0.29) is 12.2 Å². The van der Waals surface area contributed by atoms with Gasteiger partial charge in [-0.25, -0.2) is 14.8 Å². The van der Waals surface area contributed by atoms with Gasteiger partial charge in [0.2, 0.25) is 0 Å². The van der Waals surface area contributed by atoms with Crippen LogP contribution < -0.4 is 9.47 Å². The van der Waals surface area contributed by atoms with E-state index in [1.54, 1.807) is 18.2 Å². The number of nitriles is 1. The van der Waals surface area contributed by atoms with Crippen LogP contribution in [-0.4, -0.2) is 30.2 Å². The highest BCUT2D eigenvalue weighted by Gasteiger charge is 2.12. The van der Waals surface area contributed by atoms with Crippen LogP contribution in [0.15, 0.2) is 48.0 Å². The first-order valence-corrected chi connectivity index (χ1v) is 8.79. The maximum Gasteiger partial charge on any atom is 0.348 e. The highest BCUT2D eigenvalue weighted by Crippen LogP contribution is 2.30. The molecule has 146 valence electrons. The van der Waals surface area contributed by atoms with Crippen LogP contribution in [0.3, 0.4) is 0 Å². The minimum absolute atomic E-state index is 0.106. The molecule has 7 heteroatoms. The lowest BCUT2D eigenvalue weighted by molar-refractivity contribution is -0.135. The molecule has 0 spiro atoms. The van der Waals surface area contributed by atoms with Crippen LogP contribution in [0, 0.1) is 18.3 Å². The molecular weight excluding hydrogens is 370 g/mol. The topological polar surface area (TPSA) is 94.3 Å². The minimum atomic E-state index is -0.697. The molecule has 0 saturated heterocycles. The van der Waals surface area contributed by atoms with Gasteiger partial charge in [0.05, 0.1) is 36.6 Å². The van der Waals surface area contributed by atoms with Crippen LogP contribution in [0.25, 0.3) is 17.1 Å². The van der Waals surface area contributed by atoms with Gasteiger partial charge in [-0.05, 0) is 42.8 Å². The van der Waals surface area contributed by atoms with Crippen molar-refractivity contribution in [1.82, 2.24) is 9.97 Å². The summed E-state index contributed by atoms with van der Waals surface area (Å²) in [7, 11) is 2.74. The summed E-state index contributed by atoms with van der Waals surface area (Å²) in [5, 5.41) is 9.09. The van der Waals surface area contributed by atoms with E-state index in [9.17, 15) is 4.79 Å². The van der Waals surface area contributed by atoms with Crippen molar-refractivity contribution in [3.63, 3.8) is 0 Å². The molecule has 1 aromatic heterocycles. The fraction of sp³-hybridized carbons (Fsp3) is 0.182. The fourth-order valence-electron chi connectivity index (χ4n) is 2.71. The average molecular weight is 389 g/mol. The summed E-state index contributed by atoms with van der Waals surface area (Å²) in [4.78, 5) is 20.7. The summed E-state index contributed by atoms with van der Waals surface area (Å²) in [5.41, 5.74) is 3.66. The molecule has 0 amide bonds. The number of fused-ring (bicyclic) bond motifs is 1. The summed E-state index contributed by atoms with van der Waals surface area (Å²) in [6.45, 7) is 2.11. The summed E-state index contributed by atoms with van der Waals surface area (Å²) < 4.78 is 15.9. The predicted molar refractivity (Wildman–Crippen MR) is 107 cm³/mol. The van der Waals surface area contributed by atoms with Crippen molar-refractivity contribution in [2.75, 3.05) is 14.2 Å². The van der Waals surface area contributed by atoms with Crippen molar-refractivity contribution >= 4 is 23.1 Å². The molecular formula is C22H19N3O4. The molecule has 0 fully saturated rings. The van der Waals surface area contributed by atoms with Crippen LogP contribution >= 0.6 is 0 Å². The van der Waals surface area contributed by atoms with Crippen molar-refractivity contribution < 1.29 is 19.0 Å². The number of ether oxygens (including phenoxy) is 3. The van der Waals surface area contributed by atoms with Crippen LogP contribution in [-0.2, 0) is 16.1 Å². The van der Waals surface area contributed by atoms with Crippen molar-refractivity contribution in [3.05, 3.63) is 65.0 Å². The number of carbonyl (C=O) groups is 1. The van der Waals surface area contributed by atoms with Crippen molar-refractivity contribution in [2.24, 2.45) is 0 Å². The van der Waals surface area contributed by atoms with E-state index < -0.39 is 5.97 Å². The minimum Gasteiger partial charge on any atom is -0.493 e. The Morgan fingerprint density at radius 3 is 2.48 bits per heavy atom. The van der Waals surface area contributed by atoms with Gasteiger partial charge in [-0.3, -0.25) is 0 Å². The Labute approximate surface area is 168 Å². The Kier molecular flexibility index (Phi) is 6.05. The number of benzene rings is 2. The molecule has 0 atom stereocenters. The number of esters is 1. The molecule has 0 aliphatic heterocycles. The van der Waals surface area contributed by atoms with Crippen molar-refractivity contribution in [2.45, 2.75) is 13.5 Å². The number of aromatic nitrogens is 2. The van der Waals surface area contributed by atoms with Gasteiger partial charge in [-0.2, -0.15) is 5.26 Å². The summed E-state index contributed by atoms with van der Waals surface area (Å²) in [6.07, 6.45) is 1.43. The number of methoxy groups -OCH3 is 2. The van der Waals surface area contributed by atoms with Crippen molar-refractivity contribution in [1.29, 1.82) is 5.26 Å². The van der Waals surface area contributed by atoms with Gasteiger partial charge in [-0.15, -0.1) is 0 Å². The molecule has 0 N–H and O–H groups in total. The predicted octanol–water partition coefficient (Wildman–Crippen LogP) is 3.61. The lowest BCUT2D eigenvalue weighted by atomic mass is 10.1. The highest BCUT2D eigenvalue weighted by atomic mass is 16.5. The Hall–Kier alpha value is -3.92. The zero-order valence-corrected chi connectivity index (χ0v) is 16.3. The molecule has 7 nitrogen and oxygen atoms in total. The second kappa shape index (κ2) is 8.85. The van der Waals surface area contributed by atoms with E-state index >= 15 is 0 Å². The summed E-state index contributed by atoms with van der Waals surface area (Å²) >= 11 is 0. The smallest absolute Gasteiger partial charge is 0.348 e. The number of carbonyl (C=O) groups excluding carboxylic acids is 1. The molecule has 0 unspecified atom stereocenters. The second-order valence-corrected chi connectivity index (χ2v) is 6.10. The van der Waals surface area contributed by atoms with E-state index in [0.717, 1.165) is 22.4 Å². The lowest BCUT2D eigenvalue weighted by Gasteiger charge is -2.12. The van der Waals surface area contributed by atoms with E-state index in [4.69, 9.17) is 14.7 Å². The fourth-order valence-corrected chi connectivity index (χ4v) is 2.71. The van der Waals surface area contributed by atoms with Gasteiger partial charge < -0.3 is 14.2 Å². The summed E-state index contributed by atoms with van der Waals surface area (Å²) in [5.74, 6) is 0.278. The van der Waals surface area contributed by atoms with Gasteiger partial charge in [-0.1, -0.05) is 18.2 Å². The number of hydrogen-bond donors (Lipinski definition) is 0. The Bertz CT molecular complexity index is 1130. The first-order valence-electron chi connectivity index (χ1n) is 8.79. The van der Waals surface area contributed by atoms with E-state index in [1.165, 1.54) is 20.3 Å². The Morgan fingerprint density at radius 1 is 1.10 bits per heavy atom. The van der Waals surface area contributed by atoms with E-state index in [1.807, 2.05) is 37.3 Å². The standard InChI is InChI=1S/C22H19N3O4/c1-14-19(25-18-7-5-4-6-17(18)24-14)13-29-20-9-8-15(11-21(20)27-2)10-16(12-23)22(26)28-3/h4-11H,13H2,1-3H3/b16-10+. The molecule has 3 aromatic rings. The van der Waals surface area contributed by atoms with Crippen LogP contribution in [0.5, 0.6) is 11.5 Å². The van der Waals surface area contributed by atoms with Gasteiger partial charge in [0.15, 0.2) is 11.5 Å². The third-order valence-electron chi connectivity index (χ3n) is 4.23. The average Bonchev–Trinajstić information content (AvgIpc) is 2.75. The largest absolute Gasteiger partial charge is 0.493 e. The van der Waals surface area contributed by atoms with Crippen LogP contribution in [0.4, 0.5) is 0 Å². The monoisotopic (exact) mass is 389 g/mol. The van der Waals surface area contributed by atoms with E-state index in [2.05, 4.69) is 14.7 Å². The Balaban J connectivity index is 1.83. The van der Waals surface area contributed by atoms with Gasteiger partial charge >= 0.3 is 5.97 Å². The zero-order chi connectivity index (χ0) is 20.8. The van der Waals surface area contributed by atoms with Gasteiger partial charge in [0, 0.05) is 0 Å². The number of para-hydroxylation sites is 2. The normalized spacial score (nSPS) is 11.0. The molecule has 0 aliphatic carbocycles. The van der Waals surface area contributed by atoms with Crippen LogP contribution in [0.2, 0.25) is 0 Å². The number of nitrogens with zero attached hydrogens (tertiary/aromatic N) is 3. The number of rotatable bonds is 6. The molecule has 2 aromatic carbocycles. The lowest BCUT2D eigenvalue weighted by Crippen LogP contribution is -2.04. The van der Waals surface area contributed by atoms with Crippen LogP contribution in [0.1, 0.15) is 17.0 Å². The van der Waals surface area contributed by atoms with Crippen molar-refractivity contribution in [3.8, 4) is 17.6 Å². The van der Waals surface area contributed by atoms with Gasteiger partial charge in [0.25, 0.3) is 0 Å². The summed E-state index contributed by atoms with van der Waals surface area (Å²) in [6, 6.07) is 14.6. The SMILES string of the molecule is COC(=O)/C(C#N)=C/c1ccc(OCc2nc3ccccc3nc2C)c(OC)c1. The second-order valence-electron chi connectivity index (χ2n) is 6.10. The quantitative estimate of drug-likeness (QED) is 0.361. The molecule has 1 heterocycles. The maximum absolute atomic E-state index is 11.6. The molecule has 3 rings (SSSR count). The molecule has 0 aliphatic rings. The highest BCUT2D eigenvalue weighted by molar-refractivity contribution is 5.97. The first kappa shape index (κ1) is 19.8. The van der Waals surface area contributed by atoms with Gasteiger partial charge in [0.1, 0.15) is 18.2 Å². The number of hydrogen-bond acceptors (Lipinski definition) is 7. The number of aryl methyl sites for hydroxylation is 1. The van der Waals surface area contributed by atoms with E-state index in [0.29, 0.717) is 17.1 Å². The maximum atomic E-state index is 11.6. The Morgan fingerprint density at radius 2 is 1.83 bits per heavy atom. The first-order chi connectivity index (χ1) is 14.0. The third kappa shape index (κ3) is 4.50. The zero-order valence-electron chi connectivity index (χ0n) is 16.3. The third-order valence-corrected chi connectivity index (χ3v) is 4.23. The molecule has 0 bridgehead atoms. The molecule has 0 radical (unpaired) electrons.